The largest absolute Gasteiger partial charge is 0.381 e. The third-order valence-electron chi connectivity index (χ3n) is 5.38. The van der Waals surface area contributed by atoms with Crippen molar-refractivity contribution >= 4 is 11.6 Å². The van der Waals surface area contributed by atoms with Gasteiger partial charge in [-0.2, -0.15) is 0 Å². The van der Waals surface area contributed by atoms with E-state index < -0.39 is 16.7 Å². The second kappa shape index (κ2) is 6.21. The Kier molecular flexibility index (Phi) is 4.51. The van der Waals surface area contributed by atoms with Crippen LogP contribution in [0.25, 0.3) is 0 Å². The fourth-order valence-electron chi connectivity index (χ4n) is 4.17. The van der Waals surface area contributed by atoms with E-state index in [4.69, 9.17) is 16.3 Å². The number of ether oxygens (including phenoxy) is 1. The van der Waals surface area contributed by atoms with Crippen LogP contribution in [-0.4, -0.2) is 13.2 Å². The summed E-state index contributed by atoms with van der Waals surface area (Å²) in [5.74, 6) is 0.347. The van der Waals surface area contributed by atoms with Crippen molar-refractivity contribution in [3.63, 3.8) is 0 Å². The highest BCUT2D eigenvalue weighted by molar-refractivity contribution is 6.30. The summed E-state index contributed by atoms with van der Waals surface area (Å²) in [6, 6.07) is 2.83. The first-order valence-corrected chi connectivity index (χ1v) is 8.13. The Labute approximate surface area is 129 Å². The van der Waals surface area contributed by atoms with Crippen LogP contribution in [0, 0.1) is 23.5 Å². The minimum atomic E-state index is -0.642. The third kappa shape index (κ3) is 3.09. The summed E-state index contributed by atoms with van der Waals surface area (Å²) in [6.45, 7) is 0. The number of hydrogen-bond donors (Lipinski definition) is 0. The minimum absolute atomic E-state index is 0.256. The number of benzene rings is 1. The van der Waals surface area contributed by atoms with Crippen molar-refractivity contribution < 1.29 is 13.5 Å². The molecule has 0 aliphatic heterocycles. The van der Waals surface area contributed by atoms with E-state index >= 15 is 0 Å². The molecule has 21 heavy (non-hydrogen) atoms. The van der Waals surface area contributed by atoms with E-state index in [-0.39, 0.29) is 5.92 Å². The van der Waals surface area contributed by atoms with Crippen LogP contribution < -0.4 is 0 Å². The van der Waals surface area contributed by atoms with E-state index in [1.54, 1.807) is 7.11 Å². The van der Waals surface area contributed by atoms with Gasteiger partial charge in [-0.3, -0.25) is 0 Å². The van der Waals surface area contributed by atoms with E-state index in [1.807, 2.05) is 0 Å². The van der Waals surface area contributed by atoms with Crippen LogP contribution in [0.4, 0.5) is 8.78 Å². The molecule has 0 bridgehead atoms. The molecule has 0 aromatic heterocycles. The Balaban J connectivity index is 1.72. The molecule has 2 aliphatic rings. The molecule has 116 valence electrons. The van der Waals surface area contributed by atoms with Crippen molar-refractivity contribution in [2.75, 3.05) is 7.11 Å². The summed E-state index contributed by atoms with van der Waals surface area (Å²) in [4.78, 5) is 0. The zero-order valence-corrected chi connectivity index (χ0v) is 13.0. The van der Waals surface area contributed by atoms with Crippen LogP contribution in [-0.2, 0) is 4.74 Å². The Morgan fingerprint density at radius 2 is 1.62 bits per heavy atom. The number of methoxy groups -OCH3 is 1. The second-order valence-corrected chi connectivity index (χ2v) is 6.88. The summed E-state index contributed by atoms with van der Waals surface area (Å²) in [6.07, 6.45) is 6.96. The Bertz CT molecular complexity index is 497. The van der Waals surface area contributed by atoms with Gasteiger partial charge in [0.05, 0.1) is 6.10 Å². The topological polar surface area (TPSA) is 9.23 Å². The van der Waals surface area contributed by atoms with E-state index in [0.29, 0.717) is 17.9 Å². The van der Waals surface area contributed by atoms with Gasteiger partial charge < -0.3 is 4.74 Å². The van der Waals surface area contributed by atoms with Gasteiger partial charge >= 0.3 is 0 Å². The van der Waals surface area contributed by atoms with Crippen LogP contribution >= 0.6 is 11.6 Å². The lowest BCUT2D eigenvalue weighted by Gasteiger charge is -2.42. The lowest BCUT2D eigenvalue weighted by atomic mass is 9.65. The van der Waals surface area contributed by atoms with Gasteiger partial charge in [-0.25, -0.2) is 8.78 Å². The Hall–Kier alpha value is -0.670. The minimum Gasteiger partial charge on any atom is -0.381 e. The van der Waals surface area contributed by atoms with Crippen LogP contribution in [0.15, 0.2) is 12.1 Å². The van der Waals surface area contributed by atoms with Gasteiger partial charge in [0.2, 0.25) is 0 Å². The summed E-state index contributed by atoms with van der Waals surface area (Å²) in [5.41, 5.74) is 0.765. The third-order valence-corrected chi connectivity index (χ3v) is 5.74. The molecular weight excluding hydrogens is 294 g/mol. The maximum Gasteiger partial charge on any atom is 0.145 e. The Morgan fingerprint density at radius 3 is 2.29 bits per heavy atom. The molecule has 0 N–H and O–H groups in total. The highest BCUT2D eigenvalue weighted by atomic mass is 35.5. The second-order valence-electron chi connectivity index (χ2n) is 6.50. The number of halogens is 3. The molecule has 3 rings (SSSR count). The van der Waals surface area contributed by atoms with Crippen LogP contribution in [0.1, 0.15) is 50.0 Å². The van der Waals surface area contributed by atoms with Gasteiger partial charge in [-0.1, -0.05) is 11.6 Å². The average molecular weight is 315 g/mol. The van der Waals surface area contributed by atoms with Gasteiger partial charge in [-0.15, -0.1) is 0 Å². The van der Waals surface area contributed by atoms with Gasteiger partial charge in [0.15, 0.2) is 0 Å². The van der Waals surface area contributed by atoms with Crippen molar-refractivity contribution in [2.24, 2.45) is 11.8 Å². The molecule has 2 fully saturated rings. The van der Waals surface area contributed by atoms with E-state index in [9.17, 15) is 8.78 Å². The van der Waals surface area contributed by atoms with E-state index in [1.165, 1.54) is 12.1 Å². The number of rotatable bonds is 2. The van der Waals surface area contributed by atoms with Crippen molar-refractivity contribution in [2.45, 2.75) is 50.5 Å². The van der Waals surface area contributed by atoms with Crippen molar-refractivity contribution in [1.29, 1.82) is 0 Å². The molecule has 4 atom stereocenters. The molecule has 0 radical (unpaired) electrons. The van der Waals surface area contributed by atoms with Gasteiger partial charge in [0.25, 0.3) is 0 Å². The standard InChI is InChI=1S/C17H21ClF2O/c1-21-14-5-4-10-6-11(2-3-12(10)7-14)13-8-15(19)17(18)16(20)9-13/h8-12,14H,2-7H2,1H3. The average Bonchev–Trinajstić information content (AvgIpc) is 2.51. The molecule has 0 spiro atoms. The summed E-state index contributed by atoms with van der Waals surface area (Å²) < 4.78 is 32.8. The van der Waals surface area contributed by atoms with Crippen molar-refractivity contribution in [3.8, 4) is 0 Å². The molecule has 4 heteroatoms. The first-order chi connectivity index (χ1) is 10.1. The maximum absolute atomic E-state index is 13.6. The molecule has 1 aromatic carbocycles. The smallest absolute Gasteiger partial charge is 0.145 e. The van der Waals surface area contributed by atoms with E-state index in [0.717, 1.165) is 44.1 Å². The van der Waals surface area contributed by atoms with Gasteiger partial charge in [0.1, 0.15) is 16.7 Å². The van der Waals surface area contributed by atoms with E-state index in [2.05, 4.69) is 0 Å². The lowest BCUT2D eigenvalue weighted by Crippen LogP contribution is -2.33. The molecule has 1 nitrogen and oxygen atoms in total. The normalized spacial score (nSPS) is 32.8. The zero-order chi connectivity index (χ0) is 15.0. The van der Waals surface area contributed by atoms with Crippen molar-refractivity contribution in [1.82, 2.24) is 0 Å². The predicted molar refractivity (Wildman–Crippen MR) is 79.6 cm³/mol. The molecular formula is C17H21ClF2O. The molecule has 2 saturated carbocycles. The van der Waals surface area contributed by atoms with Crippen LogP contribution in [0.3, 0.4) is 0 Å². The molecule has 0 amide bonds. The summed E-state index contributed by atoms with van der Waals surface area (Å²) >= 11 is 5.57. The van der Waals surface area contributed by atoms with Crippen LogP contribution in [0.2, 0.25) is 5.02 Å². The van der Waals surface area contributed by atoms with Gasteiger partial charge in [-0.05, 0) is 74.0 Å². The highest BCUT2D eigenvalue weighted by Gasteiger charge is 2.36. The SMILES string of the molecule is COC1CCC2CC(c3cc(F)c(Cl)c(F)c3)CCC2C1. The highest BCUT2D eigenvalue weighted by Crippen LogP contribution is 2.46. The Morgan fingerprint density at radius 1 is 1.00 bits per heavy atom. The van der Waals surface area contributed by atoms with Crippen molar-refractivity contribution in [3.05, 3.63) is 34.4 Å². The zero-order valence-electron chi connectivity index (χ0n) is 12.2. The van der Waals surface area contributed by atoms with Crippen LogP contribution in [0.5, 0.6) is 0 Å². The fraction of sp³-hybridized carbons (Fsp3) is 0.647. The van der Waals surface area contributed by atoms with Gasteiger partial charge in [0, 0.05) is 7.11 Å². The lowest BCUT2D eigenvalue weighted by molar-refractivity contribution is 0.0123. The first kappa shape index (κ1) is 15.2. The molecule has 0 saturated heterocycles. The maximum atomic E-state index is 13.6. The quantitative estimate of drug-likeness (QED) is 0.672. The summed E-state index contributed by atoms with van der Waals surface area (Å²) in [7, 11) is 1.79. The molecule has 2 aliphatic carbocycles. The molecule has 4 unspecified atom stereocenters. The number of fused-ring (bicyclic) bond motifs is 1. The predicted octanol–water partition coefficient (Wildman–Crippen LogP) is 5.32. The fourth-order valence-corrected chi connectivity index (χ4v) is 4.28. The first-order valence-electron chi connectivity index (χ1n) is 7.75. The molecule has 1 aromatic rings. The number of hydrogen-bond acceptors (Lipinski definition) is 1. The summed E-state index contributed by atoms with van der Waals surface area (Å²) in [5, 5.41) is -0.395. The monoisotopic (exact) mass is 314 g/mol. The molecule has 0 heterocycles.